The van der Waals surface area contributed by atoms with Gasteiger partial charge in [0.15, 0.2) is 11.7 Å². The lowest BCUT2D eigenvalue weighted by atomic mass is 9.90. The van der Waals surface area contributed by atoms with E-state index in [9.17, 15) is 19.2 Å². The smallest absolute Gasteiger partial charge is 0.312 e. The number of nitrogens with two attached hydrogens (primary N) is 1. The molecule has 2 atom stereocenters. The number of anilines is 1. The fourth-order valence-corrected chi connectivity index (χ4v) is 6.16. The van der Waals surface area contributed by atoms with E-state index in [-0.39, 0.29) is 55.6 Å². The number of carbonyl (C=O) groups is 4. The molecule has 0 aliphatic carbocycles. The minimum Gasteiger partial charge on any atom is -0.475 e. The zero-order valence-corrected chi connectivity index (χ0v) is 41.6. The van der Waals surface area contributed by atoms with Crippen molar-refractivity contribution < 1.29 is 62.3 Å². The van der Waals surface area contributed by atoms with Crippen LogP contribution in [0, 0.1) is 17.3 Å². The zero-order valence-electron chi connectivity index (χ0n) is 41.6. The Bertz CT molecular complexity index is 1710. The summed E-state index contributed by atoms with van der Waals surface area (Å²) < 4.78 is 46.3. The fraction of sp³-hybridized carbons (Fsp3) is 0.702. The van der Waals surface area contributed by atoms with Gasteiger partial charge in [-0.3, -0.25) is 14.4 Å². The molecular formula is C47H81N9O13. The summed E-state index contributed by atoms with van der Waals surface area (Å²) in [4.78, 5) is 50.1. The Morgan fingerprint density at radius 1 is 0.797 bits per heavy atom. The lowest BCUT2D eigenvalue weighted by Gasteiger charge is -2.23. The number of hydrogen-bond donors (Lipinski definition) is 7. The van der Waals surface area contributed by atoms with E-state index in [2.05, 4.69) is 58.9 Å². The number of carbonyl (C=O) groups excluding carboxylic acids is 4. The number of ketones is 1. The highest BCUT2D eigenvalue weighted by molar-refractivity contribution is 5.97. The Hall–Kier alpha value is -4.78. The van der Waals surface area contributed by atoms with Gasteiger partial charge < -0.3 is 70.1 Å². The number of rotatable bonds is 43. The van der Waals surface area contributed by atoms with Gasteiger partial charge in [-0.05, 0) is 61.3 Å². The lowest BCUT2D eigenvalue weighted by Crippen LogP contribution is -2.45. The SMILES string of the molecule is C=C(NCc1cn(CCOCCOCCOCCOCCOCCOCCOCCC(C)(C)C)nn1)OCc1ccc(NC(=O)[C@H](CCCNC(N)=O)CC(=O)[C@H](CC(C)C)NC(=O)CNO)cc1. The van der Waals surface area contributed by atoms with Crippen molar-refractivity contribution in [2.45, 2.75) is 92.5 Å². The highest BCUT2D eigenvalue weighted by Gasteiger charge is 2.28. The summed E-state index contributed by atoms with van der Waals surface area (Å²) in [5, 5.41) is 28.3. The van der Waals surface area contributed by atoms with Crippen LogP contribution < -0.4 is 32.5 Å². The number of nitrogens with zero attached hydrogens (tertiary/aromatic N) is 3. The van der Waals surface area contributed by atoms with Crippen molar-refractivity contribution in [1.29, 1.82) is 0 Å². The topological polar surface area (TPSA) is 279 Å². The summed E-state index contributed by atoms with van der Waals surface area (Å²) in [5.41, 5.74) is 9.25. The number of nitrogens with one attached hydrogen (secondary N) is 5. The molecule has 22 nitrogen and oxygen atoms in total. The first kappa shape index (κ1) is 60.3. The van der Waals surface area contributed by atoms with Crippen molar-refractivity contribution in [1.82, 2.24) is 36.4 Å². The van der Waals surface area contributed by atoms with Gasteiger partial charge in [-0.15, -0.1) is 5.10 Å². The van der Waals surface area contributed by atoms with Crippen molar-refractivity contribution in [2.24, 2.45) is 23.0 Å². The quantitative estimate of drug-likeness (QED) is 0.0286. The number of aromatic nitrogens is 3. The minimum atomic E-state index is -0.838. The molecule has 1 aromatic heterocycles. The van der Waals surface area contributed by atoms with Gasteiger partial charge in [-0.25, -0.2) is 9.48 Å². The molecule has 0 fully saturated rings. The third-order valence-electron chi connectivity index (χ3n) is 9.90. The molecule has 0 unspecified atom stereocenters. The molecule has 22 heteroatoms. The van der Waals surface area contributed by atoms with E-state index in [0.717, 1.165) is 18.6 Å². The van der Waals surface area contributed by atoms with Crippen LogP contribution in [-0.4, -0.2) is 155 Å². The van der Waals surface area contributed by atoms with Crippen LogP contribution in [-0.2, 0) is 72.0 Å². The van der Waals surface area contributed by atoms with Crippen LogP contribution in [0.1, 0.15) is 78.0 Å². The third-order valence-corrected chi connectivity index (χ3v) is 9.90. The van der Waals surface area contributed by atoms with Crippen LogP contribution in [0.25, 0.3) is 0 Å². The summed E-state index contributed by atoms with van der Waals surface area (Å²) in [6.07, 6.45) is 3.72. The predicted octanol–water partition coefficient (Wildman–Crippen LogP) is 3.08. The molecule has 0 bridgehead atoms. The summed E-state index contributed by atoms with van der Waals surface area (Å²) in [5.74, 6) is -1.59. The van der Waals surface area contributed by atoms with Crippen LogP contribution in [0.3, 0.4) is 0 Å². The molecule has 0 spiro atoms. The number of primary amides is 1. The standard InChI is InChI=1S/C47H81N9O13/c1-36(2)30-42(53-44(58)33-51-61)43(57)31-39(8-7-14-49-46(48)60)45(59)52-40-11-9-38(10-12-40)35-69-37(3)50-32-41-34-56(55-54-41)15-17-63-19-21-65-23-25-67-27-29-68-28-26-66-24-22-64-20-18-62-16-13-47(4,5)6/h9-12,34,36,39,42,50-51,61H,3,7-8,13-33,35H2,1-2,4-6H3,(H,52,59)(H,53,58)(H3,48,49,60)/t39-,42+/m1/s1. The number of benzene rings is 1. The van der Waals surface area contributed by atoms with Gasteiger partial charge in [0.05, 0.1) is 118 Å². The summed E-state index contributed by atoms with van der Waals surface area (Å²) >= 11 is 0. The zero-order chi connectivity index (χ0) is 50.5. The first-order chi connectivity index (χ1) is 33.1. The fourth-order valence-electron chi connectivity index (χ4n) is 6.16. The Morgan fingerprint density at radius 2 is 1.35 bits per heavy atom. The predicted molar refractivity (Wildman–Crippen MR) is 257 cm³/mol. The molecule has 4 amide bonds. The van der Waals surface area contributed by atoms with E-state index in [4.69, 9.17) is 48.8 Å². The lowest BCUT2D eigenvalue weighted by molar-refractivity contribution is -0.130. The number of urea groups is 1. The van der Waals surface area contributed by atoms with E-state index in [1.54, 1.807) is 34.4 Å². The highest BCUT2D eigenvalue weighted by Crippen LogP contribution is 2.20. The van der Waals surface area contributed by atoms with Crippen molar-refractivity contribution in [3.63, 3.8) is 0 Å². The maximum atomic E-state index is 13.5. The van der Waals surface area contributed by atoms with Crippen LogP contribution in [0.15, 0.2) is 42.9 Å². The van der Waals surface area contributed by atoms with Gasteiger partial charge in [-0.2, -0.15) is 5.48 Å². The second-order valence-electron chi connectivity index (χ2n) is 17.7. The van der Waals surface area contributed by atoms with E-state index in [1.807, 2.05) is 20.0 Å². The highest BCUT2D eigenvalue weighted by atomic mass is 16.6. The van der Waals surface area contributed by atoms with Gasteiger partial charge in [-0.1, -0.05) is 52.0 Å². The molecule has 2 rings (SSSR count). The van der Waals surface area contributed by atoms with E-state index < -0.39 is 23.9 Å². The normalized spacial score (nSPS) is 12.4. The van der Waals surface area contributed by atoms with Crippen LogP contribution in [0.2, 0.25) is 0 Å². The molecule has 69 heavy (non-hydrogen) atoms. The maximum absolute atomic E-state index is 13.5. The van der Waals surface area contributed by atoms with Gasteiger partial charge in [0.1, 0.15) is 12.3 Å². The molecule has 0 aliphatic rings. The van der Waals surface area contributed by atoms with E-state index >= 15 is 0 Å². The molecule has 0 aliphatic heterocycles. The molecule has 0 saturated heterocycles. The Labute approximate surface area is 407 Å². The largest absolute Gasteiger partial charge is 0.475 e. The first-order valence-corrected chi connectivity index (χ1v) is 23.8. The average Bonchev–Trinajstić information content (AvgIpc) is 3.76. The minimum absolute atomic E-state index is 0.0754. The first-order valence-electron chi connectivity index (χ1n) is 23.8. The summed E-state index contributed by atoms with van der Waals surface area (Å²) in [6.45, 7) is 22.4. The number of Topliss-reactive ketones (excluding diaryl/α,β-unsaturated/α-hetero) is 1. The molecule has 1 aromatic carbocycles. The average molecular weight is 980 g/mol. The van der Waals surface area contributed by atoms with E-state index in [0.29, 0.717) is 129 Å². The maximum Gasteiger partial charge on any atom is 0.312 e. The van der Waals surface area contributed by atoms with Crippen LogP contribution in [0.4, 0.5) is 10.5 Å². The summed E-state index contributed by atoms with van der Waals surface area (Å²) in [6, 6.07) is 5.51. The monoisotopic (exact) mass is 980 g/mol. The van der Waals surface area contributed by atoms with Gasteiger partial charge in [0.2, 0.25) is 11.8 Å². The molecule has 2 aromatic rings. The Balaban J connectivity index is 1.56. The molecule has 1 heterocycles. The van der Waals surface area contributed by atoms with Crippen LogP contribution in [0.5, 0.6) is 0 Å². The molecule has 0 saturated carbocycles. The van der Waals surface area contributed by atoms with Crippen molar-refractivity contribution in [3.05, 3.63) is 54.2 Å². The molecule has 392 valence electrons. The van der Waals surface area contributed by atoms with Gasteiger partial charge in [0, 0.05) is 31.2 Å². The van der Waals surface area contributed by atoms with Gasteiger partial charge in [0.25, 0.3) is 0 Å². The number of amides is 4. The second kappa shape index (κ2) is 37.1. The number of hydrogen-bond acceptors (Lipinski definition) is 17. The van der Waals surface area contributed by atoms with Crippen molar-refractivity contribution in [2.75, 3.05) is 111 Å². The molecular weight excluding hydrogens is 899 g/mol. The number of ether oxygens (including phenoxy) is 8. The number of hydroxylamine groups is 1. The van der Waals surface area contributed by atoms with Gasteiger partial charge >= 0.3 is 6.03 Å². The summed E-state index contributed by atoms with van der Waals surface area (Å²) in [7, 11) is 0. The Kier molecular flexibility index (Phi) is 32.4. The molecule has 0 radical (unpaired) electrons. The second-order valence-corrected chi connectivity index (χ2v) is 17.7. The van der Waals surface area contributed by atoms with Crippen molar-refractivity contribution in [3.8, 4) is 0 Å². The Morgan fingerprint density at radius 3 is 1.87 bits per heavy atom. The third kappa shape index (κ3) is 32.6. The molecule has 8 N–H and O–H groups in total. The van der Waals surface area contributed by atoms with Crippen LogP contribution >= 0.6 is 0 Å². The van der Waals surface area contributed by atoms with E-state index in [1.165, 1.54) is 0 Å². The van der Waals surface area contributed by atoms with Crippen molar-refractivity contribution >= 4 is 29.3 Å².